The van der Waals surface area contributed by atoms with Crippen molar-refractivity contribution < 1.29 is 19.4 Å². The molecule has 0 aromatic rings. The van der Waals surface area contributed by atoms with Gasteiger partial charge >= 0.3 is 5.97 Å². The van der Waals surface area contributed by atoms with E-state index < -0.39 is 17.4 Å². The predicted octanol–water partition coefficient (Wildman–Crippen LogP) is 0.00230. The van der Waals surface area contributed by atoms with Crippen molar-refractivity contribution in [3.05, 3.63) is 0 Å². The van der Waals surface area contributed by atoms with Crippen molar-refractivity contribution >= 4 is 11.9 Å². The fourth-order valence-corrected chi connectivity index (χ4v) is 1.26. The molecular formula is C9H15NO4. The highest BCUT2D eigenvalue weighted by molar-refractivity contribution is 5.87. The van der Waals surface area contributed by atoms with E-state index in [4.69, 9.17) is 9.84 Å². The second kappa shape index (κ2) is 3.96. The number of carbonyl (C=O) groups excluding carboxylic acids is 1. The normalized spacial score (nSPS) is 20.7. The van der Waals surface area contributed by atoms with E-state index in [1.165, 1.54) is 6.92 Å². The van der Waals surface area contributed by atoms with Crippen molar-refractivity contribution in [3.63, 3.8) is 0 Å². The third-order valence-corrected chi connectivity index (χ3v) is 2.63. The summed E-state index contributed by atoms with van der Waals surface area (Å²) in [6.07, 6.45) is 0.672. The smallest absolute Gasteiger partial charge is 0.325 e. The Hall–Kier alpha value is -1.10. The second-order valence-electron chi connectivity index (χ2n) is 3.66. The highest BCUT2D eigenvalue weighted by Gasteiger charge is 2.44. The van der Waals surface area contributed by atoms with Crippen LogP contribution in [0.1, 0.15) is 20.3 Å². The van der Waals surface area contributed by atoms with Gasteiger partial charge in [0.2, 0.25) is 5.91 Å². The van der Waals surface area contributed by atoms with Crippen LogP contribution in [0.25, 0.3) is 0 Å². The number of aliphatic carboxylic acids is 1. The minimum atomic E-state index is -1.02. The van der Waals surface area contributed by atoms with Crippen LogP contribution in [-0.2, 0) is 14.3 Å². The Morgan fingerprint density at radius 3 is 2.43 bits per heavy atom. The van der Waals surface area contributed by atoms with Gasteiger partial charge in [0.15, 0.2) is 0 Å². The van der Waals surface area contributed by atoms with Crippen LogP contribution in [0.2, 0.25) is 0 Å². The molecule has 0 spiro atoms. The number of amides is 1. The third kappa shape index (κ3) is 1.87. The maximum absolute atomic E-state index is 11.6. The van der Waals surface area contributed by atoms with E-state index in [-0.39, 0.29) is 5.91 Å². The molecule has 2 N–H and O–H groups in total. The molecule has 0 aliphatic carbocycles. The number of hydrogen-bond donors (Lipinski definition) is 2. The first-order valence-electron chi connectivity index (χ1n) is 4.63. The average Bonchev–Trinajstić information content (AvgIpc) is 2.02. The van der Waals surface area contributed by atoms with Crippen LogP contribution < -0.4 is 5.32 Å². The summed E-state index contributed by atoms with van der Waals surface area (Å²) in [6.45, 7) is 4.12. The van der Waals surface area contributed by atoms with E-state index in [0.29, 0.717) is 19.6 Å². The first-order valence-corrected chi connectivity index (χ1v) is 4.63. The molecule has 1 atom stereocenters. The van der Waals surface area contributed by atoms with Crippen LogP contribution in [-0.4, -0.2) is 36.2 Å². The number of hydrogen-bond acceptors (Lipinski definition) is 3. The first kappa shape index (κ1) is 11.0. The predicted molar refractivity (Wildman–Crippen MR) is 48.8 cm³/mol. The van der Waals surface area contributed by atoms with Gasteiger partial charge in [0, 0.05) is 0 Å². The van der Waals surface area contributed by atoms with E-state index in [0.717, 1.165) is 0 Å². The Morgan fingerprint density at radius 2 is 2.14 bits per heavy atom. The minimum Gasteiger partial charge on any atom is -0.480 e. The van der Waals surface area contributed by atoms with Crippen molar-refractivity contribution in [2.24, 2.45) is 5.41 Å². The summed E-state index contributed by atoms with van der Waals surface area (Å²) in [5.41, 5.74) is -0.496. The van der Waals surface area contributed by atoms with Crippen molar-refractivity contribution in [2.75, 3.05) is 13.2 Å². The molecule has 0 aromatic carbocycles. The average molecular weight is 201 g/mol. The van der Waals surface area contributed by atoms with Gasteiger partial charge in [-0.25, -0.2) is 0 Å². The highest BCUT2D eigenvalue weighted by atomic mass is 16.5. The number of carbonyl (C=O) groups is 2. The van der Waals surface area contributed by atoms with Crippen molar-refractivity contribution in [1.29, 1.82) is 0 Å². The molecular weight excluding hydrogens is 186 g/mol. The zero-order valence-corrected chi connectivity index (χ0v) is 8.37. The maximum Gasteiger partial charge on any atom is 0.325 e. The summed E-state index contributed by atoms with van der Waals surface area (Å²) >= 11 is 0. The van der Waals surface area contributed by atoms with E-state index in [2.05, 4.69) is 5.32 Å². The van der Waals surface area contributed by atoms with Gasteiger partial charge in [-0.1, -0.05) is 6.92 Å². The van der Waals surface area contributed by atoms with Gasteiger partial charge in [-0.3, -0.25) is 9.59 Å². The molecule has 1 heterocycles. The lowest BCUT2D eigenvalue weighted by atomic mass is 9.82. The largest absolute Gasteiger partial charge is 0.480 e. The van der Waals surface area contributed by atoms with E-state index in [1.807, 2.05) is 6.92 Å². The van der Waals surface area contributed by atoms with Crippen LogP contribution in [0.4, 0.5) is 0 Å². The molecule has 5 heteroatoms. The molecule has 0 unspecified atom stereocenters. The summed E-state index contributed by atoms with van der Waals surface area (Å²) in [7, 11) is 0. The molecule has 0 aromatic heterocycles. The van der Waals surface area contributed by atoms with Gasteiger partial charge in [-0.05, 0) is 13.3 Å². The highest BCUT2D eigenvalue weighted by Crippen LogP contribution is 2.31. The summed E-state index contributed by atoms with van der Waals surface area (Å²) < 4.78 is 4.98. The Labute approximate surface area is 82.4 Å². The zero-order valence-electron chi connectivity index (χ0n) is 8.37. The third-order valence-electron chi connectivity index (χ3n) is 2.63. The summed E-state index contributed by atoms with van der Waals surface area (Å²) in [4.78, 5) is 22.1. The number of carboxylic acids is 1. The first-order chi connectivity index (χ1) is 6.52. The zero-order chi connectivity index (χ0) is 10.8. The second-order valence-corrected chi connectivity index (χ2v) is 3.66. The topological polar surface area (TPSA) is 75.6 Å². The van der Waals surface area contributed by atoms with Crippen LogP contribution in [0, 0.1) is 5.41 Å². The number of nitrogens with one attached hydrogen (secondary N) is 1. The lowest BCUT2D eigenvalue weighted by Gasteiger charge is -2.39. The van der Waals surface area contributed by atoms with Crippen molar-refractivity contribution in [3.8, 4) is 0 Å². The van der Waals surface area contributed by atoms with Crippen LogP contribution in [0.5, 0.6) is 0 Å². The minimum absolute atomic E-state index is 0.221. The Bertz CT molecular complexity index is 242. The molecule has 1 rings (SSSR count). The number of carboxylic acid groups (broad SMARTS) is 1. The molecule has 0 bridgehead atoms. The number of rotatable bonds is 4. The Morgan fingerprint density at radius 1 is 1.57 bits per heavy atom. The molecule has 1 saturated heterocycles. The molecule has 14 heavy (non-hydrogen) atoms. The van der Waals surface area contributed by atoms with E-state index >= 15 is 0 Å². The lowest BCUT2D eigenvalue weighted by Crippen LogP contribution is -2.56. The molecule has 1 amide bonds. The molecule has 5 nitrogen and oxygen atoms in total. The van der Waals surface area contributed by atoms with Gasteiger partial charge in [0.05, 0.1) is 18.6 Å². The molecule has 1 fully saturated rings. The molecule has 80 valence electrons. The Kier molecular flexibility index (Phi) is 3.10. The van der Waals surface area contributed by atoms with E-state index in [9.17, 15) is 9.59 Å². The van der Waals surface area contributed by atoms with E-state index in [1.54, 1.807) is 0 Å². The molecule has 0 saturated carbocycles. The van der Waals surface area contributed by atoms with Crippen LogP contribution in [0.3, 0.4) is 0 Å². The summed E-state index contributed by atoms with van der Waals surface area (Å²) in [5.74, 6) is -1.24. The number of ether oxygens (including phenoxy) is 1. The quantitative estimate of drug-likeness (QED) is 0.671. The molecule has 1 aliphatic rings. The fourth-order valence-electron chi connectivity index (χ4n) is 1.26. The maximum atomic E-state index is 11.6. The molecule has 0 radical (unpaired) electrons. The standard InChI is InChI=1S/C9H15NO4/c1-3-9(4-14-5-9)8(13)10-6(2)7(11)12/h6H,3-5H2,1-2H3,(H,10,13)(H,11,12)/t6-/m0/s1. The van der Waals surface area contributed by atoms with Crippen molar-refractivity contribution in [2.45, 2.75) is 26.3 Å². The molecule has 1 aliphatic heterocycles. The van der Waals surface area contributed by atoms with Gasteiger partial charge in [0.1, 0.15) is 6.04 Å². The summed E-state index contributed by atoms with van der Waals surface area (Å²) in [6, 6.07) is -0.841. The van der Waals surface area contributed by atoms with Gasteiger partial charge in [-0.15, -0.1) is 0 Å². The lowest BCUT2D eigenvalue weighted by molar-refractivity contribution is -0.164. The van der Waals surface area contributed by atoms with Gasteiger partial charge in [0.25, 0.3) is 0 Å². The van der Waals surface area contributed by atoms with Gasteiger partial charge in [-0.2, -0.15) is 0 Å². The monoisotopic (exact) mass is 201 g/mol. The SMILES string of the molecule is CCC1(C(=O)N[C@@H](C)C(=O)O)COC1. The van der Waals surface area contributed by atoms with Gasteiger partial charge < -0.3 is 15.2 Å². The fraction of sp³-hybridized carbons (Fsp3) is 0.778. The van der Waals surface area contributed by atoms with Crippen molar-refractivity contribution in [1.82, 2.24) is 5.32 Å². The summed E-state index contributed by atoms with van der Waals surface area (Å²) in [5, 5.41) is 11.1. The van der Waals surface area contributed by atoms with Crippen LogP contribution >= 0.6 is 0 Å². The van der Waals surface area contributed by atoms with Crippen LogP contribution in [0.15, 0.2) is 0 Å². The Balaban J connectivity index is 2.53.